The van der Waals surface area contributed by atoms with E-state index in [9.17, 15) is 0 Å². The smallest absolute Gasteiger partial charge is 0.203 e. The van der Waals surface area contributed by atoms with Gasteiger partial charge in [0.15, 0.2) is 11.5 Å². The molecule has 2 aromatic carbocycles. The maximum Gasteiger partial charge on any atom is 0.203 e. The molecule has 4 nitrogen and oxygen atoms in total. The third-order valence-electron chi connectivity index (χ3n) is 3.87. The Balaban J connectivity index is 2.41. The largest absolute Gasteiger partial charge is 0.493 e. The lowest BCUT2D eigenvalue weighted by molar-refractivity contribution is 0.325. The number of benzene rings is 2. The summed E-state index contributed by atoms with van der Waals surface area (Å²) in [6.45, 7) is 0. The summed E-state index contributed by atoms with van der Waals surface area (Å²) in [5, 5.41) is 3.95. The van der Waals surface area contributed by atoms with Crippen molar-refractivity contribution in [3.05, 3.63) is 47.2 Å². The molecule has 1 aromatic heterocycles. The number of anilines is 1. The molecule has 0 aliphatic rings. The molecule has 24 heavy (non-hydrogen) atoms. The fourth-order valence-electron chi connectivity index (χ4n) is 2.79. The molecule has 1 heterocycles. The van der Waals surface area contributed by atoms with Crippen molar-refractivity contribution in [1.82, 2.24) is 0 Å². The van der Waals surface area contributed by atoms with Gasteiger partial charge in [-0.05, 0) is 11.6 Å². The molecule has 0 bridgehead atoms. The van der Waals surface area contributed by atoms with Crippen LogP contribution in [0.3, 0.4) is 0 Å². The Hall–Kier alpha value is -2.66. The van der Waals surface area contributed by atoms with Crippen LogP contribution in [0, 0.1) is 0 Å². The van der Waals surface area contributed by atoms with Crippen molar-refractivity contribution in [1.29, 1.82) is 0 Å². The number of hydrogen-bond donors (Lipinski definition) is 1. The lowest BCUT2D eigenvalue weighted by atomic mass is 9.93. The highest BCUT2D eigenvalue weighted by molar-refractivity contribution is 7.08. The number of rotatable bonds is 5. The van der Waals surface area contributed by atoms with Gasteiger partial charge in [0.25, 0.3) is 0 Å². The molecule has 0 aliphatic carbocycles. The predicted octanol–water partition coefficient (Wildman–Crippen LogP) is 4.69. The SMILES string of the molecule is COc1cc(-c2cscc2N)c(-c2ccccc2)c(OC)c1OC. The first kappa shape index (κ1) is 16.2. The Morgan fingerprint density at radius 2 is 1.54 bits per heavy atom. The monoisotopic (exact) mass is 341 g/mol. The molecule has 0 radical (unpaired) electrons. The zero-order valence-corrected chi connectivity index (χ0v) is 14.6. The molecule has 3 rings (SSSR count). The molecule has 0 unspecified atom stereocenters. The molecule has 0 saturated carbocycles. The second-order valence-electron chi connectivity index (χ2n) is 5.17. The lowest BCUT2D eigenvalue weighted by Crippen LogP contribution is -1.99. The van der Waals surface area contributed by atoms with Crippen LogP contribution in [-0.2, 0) is 0 Å². The van der Waals surface area contributed by atoms with Crippen molar-refractivity contribution in [3.63, 3.8) is 0 Å². The summed E-state index contributed by atoms with van der Waals surface area (Å²) in [5.41, 5.74) is 10.8. The molecule has 0 spiro atoms. The molecule has 0 fully saturated rings. The molecule has 0 amide bonds. The van der Waals surface area contributed by atoms with Gasteiger partial charge in [-0.2, -0.15) is 0 Å². The maximum atomic E-state index is 6.17. The fourth-order valence-corrected chi connectivity index (χ4v) is 3.53. The van der Waals surface area contributed by atoms with E-state index in [0.29, 0.717) is 17.2 Å². The number of hydrogen-bond acceptors (Lipinski definition) is 5. The number of ether oxygens (including phenoxy) is 3. The van der Waals surface area contributed by atoms with Crippen molar-refractivity contribution in [2.24, 2.45) is 0 Å². The summed E-state index contributed by atoms with van der Waals surface area (Å²) >= 11 is 1.56. The molecular weight excluding hydrogens is 322 g/mol. The van der Waals surface area contributed by atoms with Gasteiger partial charge in [0, 0.05) is 27.5 Å². The van der Waals surface area contributed by atoms with E-state index < -0.39 is 0 Å². The third-order valence-corrected chi connectivity index (χ3v) is 4.64. The zero-order chi connectivity index (χ0) is 17.1. The van der Waals surface area contributed by atoms with Crippen LogP contribution in [0.25, 0.3) is 22.3 Å². The minimum absolute atomic E-state index is 0.566. The highest BCUT2D eigenvalue weighted by Crippen LogP contribution is 2.51. The van der Waals surface area contributed by atoms with E-state index in [1.807, 2.05) is 47.2 Å². The van der Waals surface area contributed by atoms with E-state index in [1.165, 1.54) is 0 Å². The Labute approximate surface area is 145 Å². The van der Waals surface area contributed by atoms with Gasteiger partial charge in [-0.3, -0.25) is 0 Å². The van der Waals surface area contributed by atoms with Crippen LogP contribution in [0.1, 0.15) is 0 Å². The molecule has 2 N–H and O–H groups in total. The summed E-state index contributed by atoms with van der Waals surface area (Å²) < 4.78 is 16.8. The Morgan fingerprint density at radius 3 is 2.08 bits per heavy atom. The number of methoxy groups -OCH3 is 3. The van der Waals surface area contributed by atoms with Crippen LogP contribution in [0.15, 0.2) is 47.2 Å². The number of thiophene rings is 1. The zero-order valence-electron chi connectivity index (χ0n) is 13.8. The number of nitrogen functional groups attached to an aromatic ring is 1. The van der Waals surface area contributed by atoms with Crippen LogP contribution in [0.2, 0.25) is 0 Å². The maximum absolute atomic E-state index is 6.17. The first-order chi connectivity index (χ1) is 11.7. The average molecular weight is 341 g/mol. The summed E-state index contributed by atoms with van der Waals surface area (Å²) in [5.74, 6) is 1.80. The van der Waals surface area contributed by atoms with E-state index in [1.54, 1.807) is 32.7 Å². The minimum atomic E-state index is 0.566. The van der Waals surface area contributed by atoms with Gasteiger partial charge in [0.1, 0.15) is 0 Å². The summed E-state index contributed by atoms with van der Waals surface area (Å²) in [7, 11) is 4.85. The second kappa shape index (κ2) is 6.84. The lowest BCUT2D eigenvalue weighted by Gasteiger charge is -2.20. The van der Waals surface area contributed by atoms with Crippen LogP contribution < -0.4 is 19.9 Å². The Bertz CT molecular complexity index is 843. The van der Waals surface area contributed by atoms with E-state index in [-0.39, 0.29) is 0 Å². The third kappa shape index (κ3) is 2.67. The minimum Gasteiger partial charge on any atom is -0.493 e. The van der Waals surface area contributed by atoms with E-state index in [2.05, 4.69) is 0 Å². The van der Waals surface area contributed by atoms with Gasteiger partial charge < -0.3 is 19.9 Å². The van der Waals surface area contributed by atoms with Crippen molar-refractivity contribution in [2.45, 2.75) is 0 Å². The van der Waals surface area contributed by atoms with Crippen LogP contribution in [0.5, 0.6) is 17.2 Å². The van der Waals surface area contributed by atoms with Gasteiger partial charge in [0.05, 0.1) is 27.0 Å². The molecule has 124 valence electrons. The van der Waals surface area contributed by atoms with Gasteiger partial charge in [-0.15, -0.1) is 11.3 Å². The van der Waals surface area contributed by atoms with E-state index in [0.717, 1.165) is 27.9 Å². The van der Waals surface area contributed by atoms with Crippen molar-refractivity contribution >= 4 is 17.0 Å². The topological polar surface area (TPSA) is 53.7 Å². The number of nitrogens with two attached hydrogens (primary N) is 1. The Kier molecular flexibility index (Phi) is 4.62. The van der Waals surface area contributed by atoms with Crippen LogP contribution in [-0.4, -0.2) is 21.3 Å². The second-order valence-corrected chi connectivity index (χ2v) is 5.92. The van der Waals surface area contributed by atoms with Crippen LogP contribution >= 0.6 is 11.3 Å². The summed E-state index contributed by atoms with van der Waals surface area (Å²) in [4.78, 5) is 0. The Morgan fingerprint density at radius 1 is 0.833 bits per heavy atom. The van der Waals surface area contributed by atoms with Crippen molar-refractivity contribution < 1.29 is 14.2 Å². The molecular formula is C19H19NO3S. The first-order valence-electron chi connectivity index (χ1n) is 7.41. The van der Waals surface area contributed by atoms with E-state index >= 15 is 0 Å². The van der Waals surface area contributed by atoms with Crippen molar-refractivity contribution in [3.8, 4) is 39.5 Å². The van der Waals surface area contributed by atoms with Gasteiger partial charge in [-0.25, -0.2) is 0 Å². The standard InChI is InChI=1S/C19H19NO3S/c1-21-16-9-13(14-10-24-11-15(14)20)17(12-7-5-4-6-8-12)19(23-3)18(16)22-2/h4-11H,20H2,1-3H3. The van der Waals surface area contributed by atoms with Gasteiger partial charge in [-0.1, -0.05) is 30.3 Å². The fraction of sp³-hybridized carbons (Fsp3) is 0.158. The first-order valence-corrected chi connectivity index (χ1v) is 8.36. The molecule has 0 atom stereocenters. The van der Waals surface area contributed by atoms with E-state index in [4.69, 9.17) is 19.9 Å². The molecule has 0 saturated heterocycles. The van der Waals surface area contributed by atoms with Crippen LogP contribution in [0.4, 0.5) is 5.69 Å². The predicted molar refractivity (Wildman–Crippen MR) is 99.3 cm³/mol. The van der Waals surface area contributed by atoms with Gasteiger partial charge >= 0.3 is 0 Å². The quantitative estimate of drug-likeness (QED) is 0.731. The van der Waals surface area contributed by atoms with Crippen molar-refractivity contribution in [2.75, 3.05) is 27.1 Å². The summed E-state index contributed by atoms with van der Waals surface area (Å²) in [6, 6.07) is 12.0. The average Bonchev–Trinajstić information content (AvgIpc) is 3.06. The van der Waals surface area contributed by atoms with Gasteiger partial charge in [0.2, 0.25) is 5.75 Å². The summed E-state index contributed by atoms with van der Waals surface area (Å²) in [6.07, 6.45) is 0. The molecule has 3 aromatic rings. The molecule has 0 aliphatic heterocycles. The molecule has 5 heteroatoms. The highest BCUT2D eigenvalue weighted by atomic mass is 32.1. The highest BCUT2D eigenvalue weighted by Gasteiger charge is 2.23. The normalized spacial score (nSPS) is 10.5.